The molecule has 1 rings (SSSR count). The maximum Gasteiger partial charge on any atom is 0.119 e. The summed E-state index contributed by atoms with van der Waals surface area (Å²) in [6.07, 6.45) is 0. The predicted molar refractivity (Wildman–Crippen MR) is 72.6 cm³/mol. The van der Waals surface area contributed by atoms with Crippen molar-refractivity contribution in [1.82, 2.24) is 10.2 Å². The van der Waals surface area contributed by atoms with Crippen LogP contribution in [0.4, 0.5) is 0 Å². The molecule has 0 bridgehead atoms. The number of ether oxygens (including phenoxy) is 1. The van der Waals surface area contributed by atoms with Crippen molar-refractivity contribution in [3.63, 3.8) is 0 Å². The zero-order chi connectivity index (χ0) is 12.7. The van der Waals surface area contributed by atoms with Gasteiger partial charge in [0.25, 0.3) is 0 Å². The molecule has 17 heavy (non-hydrogen) atoms. The van der Waals surface area contributed by atoms with Gasteiger partial charge in [-0.05, 0) is 37.8 Å². The second-order valence-corrected chi connectivity index (χ2v) is 4.07. The van der Waals surface area contributed by atoms with E-state index in [2.05, 4.69) is 42.3 Å². The van der Waals surface area contributed by atoms with E-state index in [0.29, 0.717) is 6.04 Å². The molecular weight excluding hydrogens is 212 g/mol. The summed E-state index contributed by atoms with van der Waals surface area (Å²) in [5.41, 5.74) is 1.31. The van der Waals surface area contributed by atoms with Crippen LogP contribution in [0.5, 0.6) is 5.75 Å². The molecule has 0 aromatic heterocycles. The van der Waals surface area contributed by atoms with E-state index in [-0.39, 0.29) is 0 Å². The number of nitrogens with zero attached hydrogens (tertiary/aromatic N) is 1. The second-order valence-electron chi connectivity index (χ2n) is 4.07. The highest BCUT2D eigenvalue weighted by Crippen LogP contribution is 2.23. The molecule has 1 aromatic carbocycles. The molecule has 0 aliphatic carbocycles. The third-order valence-electron chi connectivity index (χ3n) is 3.13. The Balaban J connectivity index is 2.94. The summed E-state index contributed by atoms with van der Waals surface area (Å²) in [5, 5.41) is 3.27. The van der Waals surface area contributed by atoms with E-state index in [9.17, 15) is 0 Å². The summed E-state index contributed by atoms with van der Waals surface area (Å²) in [7, 11) is 3.71. The smallest absolute Gasteiger partial charge is 0.119 e. The summed E-state index contributed by atoms with van der Waals surface area (Å²) in [5.74, 6) is 0.927. The van der Waals surface area contributed by atoms with Crippen molar-refractivity contribution in [3.8, 4) is 5.75 Å². The molecule has 3 heteroatoms. The number of nitrogens with one attached hydrogen (secondary N) is 1. The number of methoxy groups -OCH3 is 1. The summed E-state index contributed by atoms with van der Waals surface area (Å²) in [4.78, 5) is 2.45. The van der Waals surface area contributed by atoms with E-state index in [0.717, 1.165) is 25.4 Å². The topological polar surface area (TPSA) is 24.5 Å². The van der Waals surface area contributed by atoms with Crippen LogP contribution in [0.2, 0.25) is 0 Å². The Morgan fingerprint density at radius 2 is 2.00 bits per heavy atom. The van der Waals surface area contributed by atoms with E-state index in [1.54, 1.807) is 7.11 Å². The van der Waals surface area contributed by atoms with Crippen LogP contribution in [0, 0.1) is 0 Å². The van der Waals surface area contributed by atoms with Crippen molar-refractivity contribution in [2.24, 2.45) is 0 Å². The quantitative estimate of drug-likeness (QED) is 0.786. The lowest BCUT2D eigenvalue weighted by Crippen LogP contribution is -2.34. The molecule has 0 heterocycles. The molecule has 0 radical (unpaired) electrons. The summed E-state index contributed by atoms with van der Waals surface area (Å²) in [6.45, 7) is 7.47. The van der Waals surface area contributed by atoms with Gasteiger partial charge < -0.3 is 10.1 Å². The molecule has 0 aliphatic heterocycles. The summed E-state index contributed by atoms with van der Waals surface area (Å²) >= 11 is 0. The molecule has 1 aromatic rings. The van der Waals surface area contributed by atoms with Crippen LogP contribution in [-0.4, -0.2) is 38.7 Å². The van der Waals surface area contributed by atoms with Crippen LogP contribution in [0.25, 0.3) is 0 Å². The largest absolute Gasteiger partial charge is 0.497 e. The normalized spacial score (nSPS) is 12.8. The SMILES string of the molecule is CCN(CC)C(CNC)c1cccc(OC)c1. The van der Waals surface area contributed by atoms with Gasteiger partial charge in [0.2, 0.25) is 0 Å². The van der Waals surface area contributed by atoms with Crippen molar-refractivity contribution in [3.05, 3.63) is 29.8 Å². The van der Waals surface area contributed by atoms with Crippen molar-refractivity contribution in [2.45, 2.75) is 19.9 Å². The maximum absolute atomic E-state index is 5.29. The molecular formula is C14H24N2O. The van der Waals surface area contributed by atoms with Gasteiger partial charge in [-0.1, -0.05) is 26.0 Å². The highest BCUT2D eigenvalue weighted by atomic mass is 16.5. The average Bonchev–Trinajstić information content (AvgIpc) is 2.39. The van der Waals surface area contributed by atoms with Crippen LogP contribution in [0.15, 0.2) is 24.3 Å². The molecule has 0 saturated heterocycles. The first-order valence-electron chi connectivity index (χ1n) is 6.29. The molecule has 1 atom stereocenters. The number of hydrogen-bond donors (Lipinski definition) is 1. The molecule has 0 saturated carbocycles. The van der Waals surface area contributed by atoms with Crippen LogP contribution in [0.3, 0.4) is 0 Å². The Morgan fingerprint density at radius 3 is 2.53 bits per heavy atom. The minimum absolute atomic E-state index is 0.407. The maximum atomic E-state index is 5.29. The van der Waals surface area contributed by atoms with Gasteiger partial charge in [0, 0.05) is 12.6 Å². The molecule has 96 valence electrons. The molecule has 1 N–H and O–H groups in total. The van der Waals surface area contributed by atoms with E-state index >= 15 is 0 Å². The zero-order valence-electron chi connectivity index (χ0n) is 11.4. The van der Waals surface area contributed by atoms with E-state index in [1.165, 1.54) is 5.56 Å². The van der Waals surface area contributed by atoms with Crippen molar-refractivity contribution in [1.29, 1.82) is 0 Å². The minimum Gasteiger partial charge on any atom is -0.497 e. The van der Waals surface area contributed by atoms with Gasteiger partial charge in [-0.25, -0.2) is 0 Å². The number of benzene rings is 1. The van der Waals surface area contributed by atoms with Gasteiger partial charge >= 0.3 is 0 Å². The first kappa shape index (κ1) is 14.0. The number of hydrogen-bond acceptors (Lipinski definition) is 3. The Morgan fingerprint density at radius 1 is 1.29 bits per heavy atom. The van der Waals surface area contributed by atoms with Gasteiger partial charge in [-0.15, -0.1) is 0 Å². The van der Waals surface area contributed by atoms with Crippen molar-refractivity contribution < 1.29 is 4.74 Å². The van der Waals surface area contributed by atoms with Crippen molar-refractivity contribution >= 4 is 0 Å². The third kappa shape index (κ3) is 3.72. The standard InChI is InChI=1S/C14H24N2O/c1-5-16(6-2)14(11-15-3)12-8-7-9-13(10-12)17-4/h7-10,14-15H,5-6,11H2,1-4H3. The first-order chi connectivity index (χ1) is 8.26. The number of rotatable bonds is 7. The molecule has 0 fully saturated rings. The lowest BCUT2D eigenvalue weighted by atomic mass is 10.0. The monoisotopic (exact) mass is 236 g/mol. The minimum atomic E-state index is 0.407. The van der Waals surface area contributed by atoms with Crippen LogP contribution < -0.4 is 10.1 Å². The van der Waals surface area contributed by atoms with Gasteiger partial charge in [0.05, 0.1) is 7.11 Å². The van der Waals surface area contributed by atoms with E-state index in [4.69, 9.17) is 4.74 Å². The fourth-order valence-electron chi connectivity index (χ4n) is 2.16. The number of likely N-dealkylation sites (N-methyl/N-ethyl adjacent to an activating group) is 2. The van der Waals surface area contributed by atoms with Gasteiger partial charge in [0.1, 0.15) is 5.75 Å². The highest BCUT2D eigenvalue weighted by molar-refractivity contribution is 5.30. The van der Waals surface area contributed by atoms with Gasteiger partial charge in [-0.2, -0.15) is 0 Å². The fraction of sp³-hybridized carbons (Fsp3) is 0.571. The lowest BCUT2D eigenvalue weighted by molar-refractivity contribution is 0.216. The third-order valence-corrected chi connectivity index (χ3v) is 3.13. The molecule has 0 spiro atoms. The summed E-state index contributed by atoms with van der Waals surface area (Å²) < 4.78 is 5.29. The summed E-state index contributed by atoms with van der Waals surface area (Å²) in [6, 6.07) is 8.75. The first-order valence-corrected chi connectivity index (χ1v) is 6.29. The van der Waals surface area contributed by atoms with Gasteiger partial charge in [-0.3, -0.25) is 4.90 Å². The Kier molecular flexibility index (Phi) is 6.01. The highest BCUT2D eigenvalue weighted by Gasteiger charge is 2.17. The van der Waals surface area contributed by atoms with E-state index < -0.39 is 0 Å². The van der Waals surface area contributed by atoms with Crippen LogP contribution in [-0.2, 0) is 0 Å². The fourth-order valence-corrected chi connectivity index (χ4v) is 2.16. The molecule has 3 nitrogen and oxygen atoms in total. The Bertz CT molecular complexity index is 324. The van der Waals surface area contributed by atoms with E-state index in [1.807, 2.05) is 13.1 Å². The molecule has 0 amide bonds. The lowest BCUT2D eigenvalue weighted by Gasteiger charge is -2.30. The van der Waals surface area contributed by atoms with Gasteiger partial charge in [0.15, 0.2) is 0 Å². The Labute approximate surface area is 105 Å². The van der Waals surface area contributed by atoms with Crippen molar-refractivity contribution in [2.75, 3.05) is 33.8 Å². The Hall–Kier alpha value is -1.06. The second kappa shape index (κ2) is 7.30. The zero-order valence-corrected chi connectivity index (χ0v) is 11.4. The van der Waals surface area contributed by atoms with Crippen LogP contribution in [0.1, 0.15) is 25.5 Å². The molecule has 1 unspecified atom stereocenters. The molecule has 0 aliphatic rings. The average molecular weight is 236 g/mol. The van der Waals surface area contributed by atoms with Crippen LogP contribution >= 0.6 is 0 Å². The predicted octanol–water partition coefficient (Wildman–Crippen LogP) is 2.30.